The second-order valence-corrected chi connectivity index (χ2v) is 6.31. The van der Waals surface area contributed by atoms with Crippen molar-refractivity contribution in [2.24, 2.45) is 0 Å². The van der Waals surface area contributed by atoms with Crippen LogP contribution in [0.1, 0.15) is 26.3 Å². The van der Waals surface area contributed by atoms with E-state index in [-0.39, 0.29) is 12.2 Å². The summed E-state index contributed by atoms with van der Waals surface area (Å²) >= 11 is 0. The minimum absolute atomic E-state index is 0.224. The molecule has 4 heteroatoms. The van der Waals surface area contributed by atoms with Crippen LogP contribution in [0.25, 0.3) is 0 Å². The zero-order valence-electron chi connectivity index (χ0n) is 14.8. The minimum Gasteiger partial charge on any atom is -0.484 e. The van der Waals surface area contributed by atoms with Gasteiger partial charge in [-0.1, -0.05) is 48.5 Å². The highest BCUT2D eigenvalue weighted by Crippen LogP contribution is 2.25. The van der Waals surface area contributed by atoms with Crippen molar-refractivity contribution in [1.29, 1.82) is 0 Å². The molecule has 0 aliphatic carbocycles. The first-order chi connectivity index (χ1) is 11.9. The minimum atomic E-state index is -0.969. The number of hydrogen-bond donors (Lipinski definition) is 1. The average molecular weight is 340 g/mol. The third-order valence-electron chi connectivity index (χ3n) is 3.88. The highest BCUT2D eigenvalue weighted by Gasteiger charge is 2.23. The van der Waals surface area contributed by atoms with Crippen LogP contribution in [0.4, 0.5) is 0 Å². The van der Waals surface area contributed by atoms with Crippen molar-refractivity contribution in [3.05, 3.63) is 77.9 Å². The Morgan fingerprint density at radius 3 is 2.20 bits per heavy atom. The molecular formula is C21H24O4. The van der Waals surface area contributed by atoms with Crippen LogP contribution in [0.5, 0.6) is 5.75 Å². The summed E-state index contributed by atoms with van der Waals surface area (Å²) in [6, 6.07) is 19.2. The lowest BCUT2D eigenvalue weighted by Gasteiger charge is -2.28. The van der Waals surface area contributed by atoms with Gasteiger partial charge in [0, 0.05) is 5.57 Å². The number of carboxylic acids is 1. The molecule has 4 nitrogen and oxygen atoms in total. The molecule has 0 aromatic heterocycles. The monoisotopic (exact) mass is 340 g/mol. The highest BCUT2D eigenvalue weighted by molar-refractivity contribution is 5.85. The van der Waals surface area contributed by atoms with E-state index >= 15 is 0 Å². The predicted molar refractivity (Wildman–Crippen MR) is 97.7 cm³/mol. The van der Waals surface area contributed by atoms with Gasteiger partial charge in [0.15, 0.2) is 0 Å². The van der Waals surface area contributed by atoms with Gasteiger partial charge >= 0.3 is 5.97 Å². The maximum Gasteiger partial charge on any atom is 0.331 e. The normalized spacial score (nSPS) is 13.3. The van der Waals surface area contributed by atoms with Gasteiger partial charge in [0.2, 0.25) is 0 Å². The summed E-state index contributed by atoms with van der Waals surface area (Å²) in [4.78, 5) is 11.1. The van der Waals surface area contributed by atoms with Gasteiger partial charge in [0.25, 0.3) is 0 Å². The molecule has 0 heterocycles. The number of aliphatic carboxylic acids is 1. The maximum absolute atomic E-state index is 11.1. The Balaban J connectivity index is 2.12. The standard InChI is InChI=1S/C21H24O4/c1-16(20(22)23)14-19(25-18-12-8-5-9-13-18)15-24-21(2,3)17-10-6-4-7-11-17/h4-14,19H,15H2,1-3H3,(H,22,23). The molecule has 0 saturated heterocycles. The van der Waals surface area contributed by atoms with Crippen molar-refractivity contribution in [1.82, 2.24) is 0 Å². The Kier molecular flexibility index (Phi) is 6.37. The third-order valence-corrected chi connectivity index (χ3v) is 3.88. The largest absolute Gasteiger partial charge is 0.484 e. The lowest BCUT2D eigenvalue weighted by atomic mass is 9.98. The third kappa shape index (κ3) is 5.76. The zero-order valence-corrected chi connectivity index (χ0v) is 14.8. The first kappa shape index (κ1) is 18.7. The van der Waals surface area contributed by atoms with Crippen molar-refractivity contribution < 1.29 is 19.4 Å². The number of carbonyl (C=O) groups is 1. The van der Waals surface area contributed by atoms with Crippen LogP contribution >= 0.6 is 0 Å². The van der Waals surface area contributed by atoms with E-state index in [2.05, 4.69) is 0 Å². The SMILES string of the molecule is CC(=CC(COC(C)(C)c1ccccc1)Oc1ccccc1)C(=O)O. The summed E-state index contributed by atoms with van der Waals surface area (Å²) in [6.45, 7) is 5.75. The molecule has 0 spiro atoms. The van der Waals surface area contributed by atoms with E-state index in [9.17, 15) is 4.79 Å². The lowest BCUT2D eigenvalue weighted by molar-refractivity contribution is -0.132. The summed E-state index contributed by atoms with van der Waals surface area (Å²) in [5.74, 6) is -0.299. The number of hydrogen-bond acceptors (Lipinski definition) is 3. The van der Waals surface area contributed by atoms with E-state index in [1.54, 1.807) is 13.0 Å². The summed E-state index contributed by atoms with van der Waals surface area (Å²) in [5, 5.41) is 9.14. The second kappa shape index (κ2) is 8.49. The van der Waals surface area contributed by atoms with Gasteiger partial charge in [-0.15, -0.1) is 0 Å². The Bertz CT molecular complexity index is 705. The first-order valence-electron chi connectivity index (χ1n) is 8.21. The Morgan fingerprint density at radius 2 is 1.64 bits per heavy atom. The fourth-order valence-corrected chi connectivity index (χ4v) is 2.35. The molecule has 0 amide bonds. The van der Waals surface area contributed by atoms with E-state index in [1.165, 1.54) is 0 Å². The summed E-state index contributed by atoms with van der Waals surface area (Å²) < 4.78 is 12.0. The quantitative estimate of drug-likeness (QED) is 0.723. The molecule has 2 aromatic carbocycles. The molecule has 0 radical (unpaired) electrons. The molecule has 2 rings (SSSR count). The molecule has 0 saturated carbocycles. The highest BCUT2D eigenvalue weighted by atomic mass is 16.5. The molecule has 1 unspecified atom stereocenters. The number of ether oxygens (including phenoxy) is 2. The van der Waals surface area contributed by atoms with E-state index in [0.717, 1.165) is 5.56 Å². The van der Waals surface area contributed by atoms with Gasteiger partial charge in [-0.2, -0.15) is 0 Å². The molecule has 0 aliphatic rings. The molecule has 1 N–H and O–H groups in total. The molecule has 0 fully saturated rings. The Labute approximate surface area is 148 Å². The molecule has 25 heavy (non-hydrogen) atoms. The van der Waals surface area contributed by atoms with Crippen molar-refractivity contribution in [2.45, 2.75) is 32.5 Å². The smallest absolute Gasteiger partial charge is 0.331 e. The van der Waals surface area contributed by atoms with Gasteiger partial charge in [-0.3, -0.25) is 0 Å². The summed E-state index contributed by atoms with van der Waals surface area (Å²) in [6.07, 6.45) is 1.08. The van der Waals surface area contributed by atoms with Crippen LogP contribution in [-0.4, -0.2) is 23.8 Å². The van der Waals surface area contributed by atoms with Crippen LogP contribution in [0.2, 0.25) is 0 Å². The Morgan fingerprint density at radius 1 is 1.08 bits per heavy atom. The molecule has 1 atom stereocenters. The topological polar surface area (TPSA) is 55.8 Å². The second-order valence-electron chi connectivity index (χ2n) is 6.31. The summed E-state index contributed by atoms with van der Waals surface area (Å²) in [7, 11) is 0. The van der Waals surface area contributed by atoms with Gasteiger partial charge < -0.3 is 14.6 Å². The van der Waals surface area contributed by atoms with E-state index in [1.807, 2.05) is 74.5 Å². The van der Waals surface area contributed by atoms with Crippen molar-refractivity contribution in [2.75, 3.05) is 6.61 Å². The molecular weight excluding hydrogens is 316 g/mol. The Hall–Kier alpha value is -2.59. The average Bonchev–Trinajstić information content (AvgIpc) is 2.61. The van der Waals surface area contributed by atoms with Gasteiger partial charge in [-0.05, 0) is 44.5 Å². The van der Waals surface area contributed by atoms with Crippen LogP contribution in [0, 0.1) is 0 Å². The van der Waals surface area contributed by atoms with E-state index in [4.69, 9.17) is 14.6 Å². The van der Waals surface area contributed by atoms with Crippen LogP contribution in [0.3, 0.4) is 0 Å². The van der Waals surface area contributed by atoms with E-state index < -0.39 is 17.7 Å². The predicted octanol–water partition coefficient (Wildman–Crippen LogP) is 4.42. The maximum atomic E-state index is 11.1. The van der Waals surface area contributed by atoms with Crippen LogP contribution in [0.15, 0.2) is 72.3 Å². The number of benzene rings is 2. The lowest BCUT2D eigenvalue weighted by Crippen LogP contribution is -2.30. The fourth-order valence-electron chi connectivity index (χ4n) is 2.35. The number of rotatable bonds is 8. The van der Waals surface area contributed by atoms with Gasteiger partial charge in [-0.25, -0.2) is 4.79 Å². The van der Waals surface area contributed by atoms with Crippen LogP contribution in [-0.2, 0) is 15.1 Å². The van der Waals surface area contributed by atoms with Crippen molar-refractivity contribution >= 4 is 5.97 Å². The molecule has 132 valence electrons. The van der Waals surface area contributed by atoms with E-state index in [0.29, 0.717) is 5.75 Å². The zero-order chi connectivity index (χ0) is 18.3. The van der Waals surface area contributed by atoms with Gasteiger partial charge in [0.1, 0.15) is 11.9 Å². The summed E-state index contributed by atoms with van der Waals surface area (Å²) in [5.41, 5.74) is 0.763. The van der Waals surface area contributed by atoms with Crippen molar-refractivity contribution in [3.8, 4) is 5.75 Å². The number of carboxylic acid groups (broad SMARTS) is 1. The number of para-hydroxylation sites is 1. The molecule has 2 aromatic rings. The fraction of sp³-hybridized carbons (Fsp3) is 0.286. The van der Waals surface area contributed by atoms with Gasteiger partial charge in [0.05, 0.1) is 12.2 Å². The first-order valence-corrected chi connectivity index (χ1v) is 8.21. The van der Waals surface area contributed by atoms with Crippen molar-refractivity contribution in [3.63, 3.8) is 0 Å². The molecule has 0 aliphatic heterocycles. The molecule has 0 bridgehead atoms. The van der Waals surface area contributed by atoms with Crippen LogP contribution < -0.4 is 4.74 Å².